The number of anilines is 1. The first-order chi connectivity index (χ1) is 8.83. The van der Waals surface area contributed by atoms with Crippen LogP contribution in [0.5, 0.6) is 0 Å². The van der Waals surface area contributed by atoms with Crippen LogP contribution in [0.25, 0.3) is 0 Å². The van der Waals surface area contributed by atoms with E-state index in [-0.39, 0.29) is 0 Å². The molecule has 1 aliphatic carbocycles. The lowest BCUT2D eigenvalue weighted by Gasteiger charge is -2.05. The van der Waals surface area contributed by atoms with Crippen LogP contribution in [0.4, 0.5) is 5.82 Å². The molecule has 4 heteroatoms. The summed E-state index contributed by atoms with van der Waals surface area (Å²) in [5.74, 6) is 1.42. The van der Waals surface area contributed by atoms with Crippen LogP contribution in [-0.2, 0) is 18.6 Å². The average molecular weight is 257 g/mol. The molecule has 18 heavy (non-hydrogen) atoms. The molecule has 1 heterocycles. The zero-order chi connectivity index (χ0) is 12.4. The second kappa shape index (κ2) is 4.98. The first-order valence-electron chi connectivity index (χ1n) is 6.13. The van der Waals surface area contributed by atoms with Gasteiger partial charge in [-0.2, -0.15) is 0 Å². The van der Waals surface area contributed by atoms with E-state index in [1.54, 1.807) is 24.2 Å². The summed E-state index contributed by atoms with van der Waals surface area (Å²) in [5.41, 5.74) is 10.1. The number of rotatable bonds is 3. The van der Waals surface area contributed by atoms with Crippen molar-refractivity contribution in [1.82, 2.24) is 9.97 Å². The van der Waals surface area contributed by atoms with Crippen LogP contribution in [0.2, 0.25) is 0 Å². The standard InChI is InChI=1S/C14H15N3S/c15-13-14(17-7-6-16-13)18-9-10-4-5-11-2-1-3-12(11)8-10/h4-8H,1-3,9H2,(H2,15,16). The Morgan fingerprint density at radius 3 is 2.83 bits per heavy atom. The zero-order valence-corrected chi connectivity index (χ0v) is 10.9. The molecule has 2 aromatic rings. The molecule has 2 N–H and O–H groups in total. The van der Waals surface area contributed by atoms with Crippen LogP contribution < -0.4 is 5.73 Å². The van der Waals surface area contributed by atoms with Crippen LogP contribution in [-0.4, -0.2) is 9.97 Å². The number of hydrogen-bond acceptors (Lipinski definition) is 4. The molecule has 0 amide bonds. The van der Waals surface area contributed by atoms with E-state index in [0.29, 0.717) is 5.82 Å². The Morgan fingerprint density at radius 2 is 1.94 bits per heavy atom. The molecule has 3 rings (SSSR count). The van der Waals surface area contributed by atoms with Crippen molar-refractivity contribution in [2.24, 2.45) is 0 Å². The minimum atomic E-state index is 0.517. The van der Waals surface area contributed by atoms with Gasteiger partial charge in [-0.15, -0.1) is 0 Å². The normalized spacial score (nSPS) is 13.6. The molecule has 1 aromatic heterocycles. The molecule has 0 saturated heterocycles. The number of benzene rings is 1. The minimum Gasteiger partial charge on any atom is -0.381 e. The fourth-order valence-corrected chi connectivity index (χ4v) is 3.13. The van der Waals surface area contributed by atoms with Crippen LogP contribution in [0.1, 0.15) is 23.1 Å². The van der Waals surface area contributed by atoms with Crippen LogP contribution in [0.15, 0.2) is 35.6 Å². The summed E-state index contributed by atoms with van der Waals surface area (Å²) in [4.78, 5) is 8.28. The first kappa shape index (κ1) is 11.5. The van der Waals surface area contributed by atoms with E-state index < -0.39 is 0 Å². The molecule has 1 aliphatic rings. The third kappa shape index (κ3) is 2.34. The summed E-state index contributed by atoms with van der Waals surface area (Å²) in [5, 5.41) is 0.818. The highest BCUT2D eigenvalue weighted by atomic mass is 32.2. The highest BCUT2D eigenvalue weighted by molar-refractivity contribution is 7.98. The number of aryl methyl sites for hydroxylation is 2. The van der Waals surface area contributed by atoms with Gasteiger partial charge in [-0.3, -0.25) is 0 Å². The van der Waals surface area contributed by atoms with Gasteiger partial charge in [0.15, 0.2) is 5.82 Å². The van der Waals surface area contributed by atoms with Crippen molar-refractivity contribution in [2.75, 3.05) is 5.73 Å². The molecular formula is C14H15N3S. The molecule has 3 nitrogen and oxygen atoms in total. The van der Waals surface area contributed by atoms with Gasteiger partial charge in [0.05, 0.1) is 0 Å². The van der Waals surface area contributed by atoms with Crippen molar-refractivity contribution in [3.05, 3.63) is 47.3 Å². The van der Waals surface area contributed by atoms with Crippen LogP contribution in [0, 0.1) is 0 Å². The van der Waals surface area contributed by atoms with Crippen LogP contribution >= 0.6 is 11.8 Å². The summed E-state index contributed by atoms with van der Waals surface area (Å²) < 4.78 is 0. The lowest BCUT2D eigenvalue weighted by Crippen LogP contribution is -1.95. The van der Waals surface area contributed by atoms with Crippen molar-refractivity contribution < 1.29 is 0 Å². The lowest BCUT2D eigenvalue weighted by atomic mass is 10.1. The number of hydrogen-bond donors (Lipinski definition) is 1. The Morgan fingerprint density at radius 1 is 1.11 bits per heavy atom. The third-order valence-electron chi connectivity index (χ3n) is 3.23. The van der Waals surface area contributed by atoms with E-state index in [9.17, 15) is 0 Å². The summed E-state index contributed by atoms with van der Waals surface area (Å²) >= 11 is 1.65. The number of fused-ring (bicyclic) bond motifs is 1. The van der Waals surface area contributed by atoms with Gasteiger partial charge in [0, 0.05) is 18.1 Å². The van der Waals surface area contributed by atoms with Crippen LogP contribution in [0.3, 0.4) is 0 Å². The smallest absolute Gasteiger partial charge is 0.156 e. The molecule has 0 saturated carbocycles. The highest BCUT2D eigenvalue weighted by Crippen LogP contribution is 2.27. The Balaban J connectivity index is 1.72. The number of aromatic nitrogens is 2. The van der Waals surface area contributed by atoms with Crippen molar-refractivity contribution in [2.45, 2.75) is 30.0 Å². The van der Waals surface area contributed by atoms with E-state index in [0.717, 1.165) is 10.8 Å². The summed E-state index contributed by atoms with van der Waals surface area (Å²) in [6, 6.07) is 6.80. The Hall–Kier alpha value is -1.55. The van der Waals surface area contributed by atoms with Crippen molar-refractivity contribution in [3.8, 4) is 0 Å². The monoisotopic (exact) mass is 257 g/mol. The number of thioether (sulfide) groups is 1. The maximum atomic E-state index is 5.78. The molecular weight excluding hydrogens is 242 g/mol. The molecule has 0 fully saturated rings. The Labute approximate surface area is 111 Å². The van der Waals surface area contributed by atoms with E-state index in [4.69, 9.17) is 5.73 Å². The van der Waals surface area contributed by atoms with Gasteiger partial charge >= 0.3 is 0 Å². The molecule has 92 valence electrons. The third-order valence-corrected chi connectivity index (χ3v) is 4.30. The van der Waals surface area contributed by atoms with Gasteiger partial charge in [0.1, 0.15) is 5.03 Å². The van der Waals surface area contributed by atoms with Crippen molar-refractivity contribution in [3.63, 3.8) is 0 Å². The predicted octanol–water partition coefficient (Wildman–Crippen LogP) is 2.84. The maximum Gasteiger partial charge on any atom is 0.156 e. The van der Waals surface area contributed by atoms with Gasteiger partial charge in [0.25, 0.3) is 0 Å². The molecule has 0 unspecified atom stereocenters. The van der Waals surface area contributed by atoms with Gasteiger partial charge in [-0.1, -0.05) is 30.0 Å². The number of nitrogen functional groups attached to an aromatic ring is 1. The number of nitrogens with two attached hydrogens (primary N) is 1. The first-order valence-corrected chi connectivity index (χ1v) is 7.11. The molecule has 0 spiro atoms. The average Bonchev–Trinajstić information content (AvgIpc) is 2.85. The fourth-order valence-electron chi connectivity index (χ4n) is 2.31. The minimum absolute atomic E-state index is 0.517. The largest absolute Gasteiger partial charge is 0.381 e. The molecule has 1 aromatic carbocycles. The second-order valence-corrected chi connectivity index (χ2v) is 5.46. The highest BCUT2D eigenvalue weighted by Gasteiger charge is 2.11. The lowest BCUT2D eigenvalue weighted by molar-refractivity contribution is 0.911. The Kier molecular flexibility index (Phi) is 3.19. The van der Waals surface area contributed by atoms with E-state index >= 15 is 0 Å². The topological polar surface area (TPSA) is 51.8 Å². The van der Waals surface area contributed by atoms with E-state index in [1.807, 2.05) is 0 Å². The van der Waals surface area contributed by atoms with E-state index in [1.165, 1.54) is 36.0 Å². The van der Waals surface area contributed by atoms with E-state index in [2.05, 4.69) is 28.2 Å². The zero-order valence-electron chi connectivity index (χ0n) is 10.1. The van der Waals surface area contributed by atoms with Gasteiger partial charge < -0.3 is 5.73 Å². The molecule has 0 atom stereocenters. The van der Waals surface area contributed by atoms with Gasteiger partial charge in [-0.25, -0.2) is 9.97 Å². The Bertz CT molecular complexity index is 569. The summed E-state index contributed by atoms with van der Waals surface area (Å²) in [6.07, 6.45) is 7.06. The number of nitrogens with zero attached hydrogens (tertiary/aromatic N) is 2. The van der Waals surface area contributed by atoms with Gasteiger partial charge in [-0.05, 0) is 36.0 Å². The molecule has 0 radical (unpaired) electrons. The predicted molar refractivity (Wildman–Crippen MR) is 74.5 cm³/mol. The fraction of sp³-hybridized carbons (Fsp3) is 0.286. The molecule has 0 aliphatic heterocycles. The van der Waals surface area contributed by atoms with Crippen molar-refractivity contribution in [1.29, 1.82) is 0 Å². The molecule has 0 bridgehead atoms. The summed E-state index contributed by atoms with van der Waals surface area (Å²) in [6.45, 7) is 0. The quantitative estimate of drug-likeness (QED) is 0.859. The maximum absolute atomic E-state index is 5.78. The van der Waals surface area contributed by atoms with Crippen molar-refractivity contribution >= 4 is 17.6 Å². The van der Waals surface area contributed by atoms with Gasteiger partial charge in [0.2, 0.25) is 0 Å². The second-order valence-electron chi connectivity index (χ2n) is 4.49. The summed E-state index contributed by atoms with van der Waals surface area (Å²) in [7, 11) is 0. The SMILES string of the molecule is Nc1nccnc1SCc1ccc2c(c1)CCC2.